The van der Waals surface area contributed by atoms with E-state index in [4.69, 9.17) is 5.11 Å². The van der Waals surface area contributed by atoms with E-state index in [9.17, 15) is 8.42 Å². The van der Waals surface area contributed by atoms with Crippen LogP contribution < -0.4 is 62.9 Å². The molecule has 2 N–H and O–H groups in total. The fourth-order valence-corrected chi connectivity index (χ4v) is 1.19. The van der Waals surface area contributed by atoms with Crippen LogP contribution in [0.1, 0.15) is 11.1 Å². The van der Waals surface area contributed by atoms with Crippen molar-refractivity contribution in [3.63, 3.8) is 0 Å². The maximum atomic E-state index is 10.1. The van der Waals surface area contributed by atoms with Crippen LogP contribution >= 0.6 is 0 Å². The van der Waals surface area contributed by atoms with Crippen LogP contribution in [0.3, 0.4) is 0 Å². The zero-order valence-corrected chi connectivity index (χ0v) is 13.6. The Hall–Kier alpha value is 0.895. The summed E-state index contributed by atoms with van der Waals surface area (Å²) in [6.45, 7) is 0.281. The molecule has 0 unspecified atom stereocenters. The van der Waals surface area contributed by atoms with Gasteiger partial charge in [-0.3, -0.25) is 0 Å². The monoisotopic (exact) mass is 285 g/mol. The summed E-state index contributed by atoms with van der Waals surface area (Å²) in [6, 6.07) is 7.05. The molecule has 0 atom stereocenters. The normalized spacial score (nSPS) is 9.86. The number of hydrogen-bond donors (Lipinski definition) is 2. The summed E-state index contributed by atoms with van der Waals surface area (Å²) < 4.78 is 22.5. The van der Waals surface area contributed by atoms with Gasteiger partial charge in [0.05, 0.1) is 6.61 Å². The van der Waals surface area contributed by atoms with Crippen LogP contribution in [0, 0.1) is 0 Å². The van der Waals surface area contributed by atoms with Gasteiger partial charge in [-0.15, -0.1) is 0 Å². The van der Waals surface area contributed by atoms with Crippen molar-refractivity contribution in [3.8, 4) is 0 Å². The fraction of sp³-hybridized carbons (Fsp3) is 0.250. The van der Waals surface area contributed by atoms with E-state index in [0.717, 1.165) is 11.1 Å². The van der Waals surface area contributed by atoms with E-state index >= 15 is 0 Å². The molecule has 0 aliphatic rings. The van der Waals surface area contributed by atoms with Crippen molar-refractivity contribution >= 4 is 10.9 Å². The second-order valence-electron chi connectivity index (χ2n) is 2.53. The molecule has 0 amide bonds. The Labute approximate surface area is 134 Å². The first-order chi connectivity index (χ1) is 6.22. The third-order valence-electron chi connectivity index (χ3n) is 1.60. The zero-order chi connectivity index (χ0) is 9.68. The fourth-order valence-electron chi connectivity index (χ4n) is 0.905. The maximum absolute atomic E-state index is 10.1. The van der Waals surface area contributed by atoms with Crippen LogP contribution in [-0.4, -0.2) is 5.11 Å². The van der Waals surface area contributed by atoms with Gasteiger partial charge in [-0.25, -0.2) is 0 Å². The van der Waals surface area contributed by atoms with E-state index in [2.05, 4.69) is 4.72 Å². The third-order valence-corrected chi connectivity index (χ3v) is 1.98. The first-order valence-corrected chi connectivity index (χ1v) is 4.81. The minimum atomic E-state index is -2.22. The predicted octanol–water partition coefficient (Wildman–Crippen LogP) is -2.50. The molecule has 0 aliphatic heterocycles. The SMILES string of the molecule is O=[S-](=O)NCc1ccc(CO)cc1.[Rb+]. The molecule has 72 valence electrons. The molecule has 0 fully saturated rings. The Bertz CT molecular complexity index is 329. The van der Waals surface area contributed by atoms with Gasteiger partial charge < -0.3 is 18.2 Å². The van der Waals surface area contributed by atoms with Crippen LogP contribution in [0.15, 0.2) is 24.3 Å². The van der Waals surface area contributed by atoms with Gasteiger partial charge in [0.15, 0.2) is 0 Å². The first-order valence-electron chi connectivity index (χ1n) is 3.74. The van der Waals surface area contributed by atoms with Crippen molar-refractivity contribution in [2.75, 3.05) is 0 Å². The van der Waals surface area contributed by atoms with Crippen LogP contribution in [0.4, 0.5) is 0 Å². The quantitative estimate of drug-likeness (QED) is 0.601. The minimum absolute atomic E-state index is 0. The summed E-state index contributed by atoms with van der Waals surface area (Å²) in [6.07, 6.45) is 0. The van der Waals surface area contributed by atoms with Crippen molar-refractivity contribution in [1.82, 2.24) is 4.72 Å². The van der Waals surface area contributed by atoms with Crippen molar-refractivity contribution in [3.05, 3.63) is 35.4 Å². The van der Waals surface area contributed by atoms with E-state index in [1.807, 2.05) is 0 Å². The average molecular weight is 286 g/mol. The van der Waals surface area contributed by atoms with Gasteiger partial charge in [0, 0.05) is 6.54 Å². The largest absolute Gasteiger partial charge is 1.00 e. The molecule has 14 heavy (non-hydrogen) atoms. The standard InChI is InChI=1S/C8H10NO3S.Rb/c10-6-8-3-1-7(2-4-8)5-9-13(11)12;/h1-4,10H,5-6H2,(H,9,11,12);/q-1;+1. The first kappa shape index (κ1) is 14.9. The Balaban J connectivity index is 0.00000169. The van der Waals surface area contributed by atoms with Crippen LogP contribution in [-0.2, 0) is 32.5 Å². The molecule has 0 aliphatic carbocycles. The second kappa shape index (κ2) is 8.09. The van der Waals surface area contributed by atoms with Gasteiger partial charge in [-0.1, -0.05) is 24.3 Å². The molecule has 1 aromatic carbocycles. The summed E-state index contributed by atoms with van der Waals surface area (Å²) in [5.74, 6) is 0. The van der Waals surface area contributed by atoms with Crippen LogP contribution in [0.25, 0.3) is 0 Å². The molecule has 1 rings (SSSR count). The van der Waals surface area contributed by atoms with Crippen molar-refractivity contribution < 1.29 is 71.7 Å². The smallest absolute Gasteiger partial charge is 0.409 e. The van der Waals surface area contributed by atoms with E-state index in [0.29, 0.717) is 0 Å². The van der Waals surface area contributed by atoms with Gasteiger partial charge in [-0.2, -0.15) is 0 Å². The van der Waals surface area contributed by atoms with Gasteiger partial charge in [-0.05, 0) is 22.0 Å². The predicted molar refractivity (Wildman–Crippen MR) is 47.9 cm³/mol. The molecular weight excluding hydrogens is 276 g/mol. The van der Waals surface area contributed by atoms with Gasteiger partial charge in [0.1, 0.15) is 0 Å². The summed E-state index contributed by atoms with van der Waals surface area (Å²) in [7, 11) is -2.22. The second-order valence-corrected chi connectivity index (χ2v) is 3.29. The molecule has 0 saturated carbocycles. The van der Waals surface area contributed by atoms with Gasteiger partial charge in [0.25, 0.3) is 0 Å². The Kier molecular flexibility index (Phi) is 8.61. The average Bonchev–Trinajstić information content (AvgIpc) is 2.15. The van der Waals surface area contributed by atoms with Crippen LogP contribution in [0.5, 0.6) is 0 Å². The number of hydrogen-bond acceptors (Lipinski definition) is 4. The Morgan fingerprint density at radius 1 is 1.14 bits per heavy atom. The van der Waals surface area contributed by atoms with E-state index in [-0.39, 0.29) is 71.3 Å². The number of nitrogens with one attached hydrogen (secondary N) is 1. The molecule has 0 saturated heterocycles. The van der Waals surface area contributed by atoms with Crippen molar-refractivity contribution in [2.24, 2.45) is 0 Å². The number of aliphatic hydroxyl groups excluding tert-OH is 1. The summed E-state index contributed by atoms with van der Waals surface area (Å²) in [5, 5.41) is 8.73. The number of benzene rings is 1. The van der Waals surface area contributed by atoms with Crippen molar-refractivity contribution in [1.29, 1.82) is 0 Å². The number of rotatable bonds is 4. The Morgan fingerprint density at radius 3 is 2.07 bits per heavy atom. The summed E-state index contributed by atoms with van der Waals surface area (Å²) in [5.41, 5.74) is 1.67. The molecule has 6 heteroatoms. The number of aliphatic hydroxyl groups is 1. The summed E-state index contributed by atoms with van der Waals surface area (Å²) in [4.78, 5) is 0. The molecular formula is C8H10NO3RbS. The van der Waals surface area contributed by atoms with Crippen molar-refractivity contribution in [2.45, 2.75) is 13.2 Å². The van der Waals surface area contributed by atoms with Gasteiger partial charge in [0.2, 0.25) is 0 Å². The van der Waals surface area contributed by atoms with E-state index < -0.39 is 10.9 Å². The topological polar surface area (TPSA) is 66.4 Å². The molecule has 0 bridgehead atoms. The molecule has 0 spiro atoms. The zero-order valence-electron chi connectivity index (χ0n) is 7.90. The molecule has 0 aromatic heterocycles. The van der Waals surface area contributed by atoms with Gasteiger partial charge >= 0.3 is 58.2 Å². The summed E-state index contributed by atoms with van der Waals surface area (Å²) >= 11 is 0. The third kappa shape index (κ3) is 5.70. The molecule has 0 heterocycles. The van der Waals surface area contributed by atoms with Crippen LogP contribution in [0.2, 0.25) is 0 Å². The minimum Gasteiger partial charge on any atom is -0.409 e. The van der Waals surface area contributed by atoms with E-state index in [1.54, 1.807) is 24.3 Å². The molecule has 0 radical (unpaired) electrons. The van der Waals surface area contributed by atoms with E-state index in [1.165, 1.54) is 0 Å². The Morgan fingerprint density at radius 2 is 1.64 bits per heavy atom. The molecule has 1 aromatic rings. The maximum Gasteiger partial charge on any atom is 1.00 e. The molecule has 4 nitrogen and oxygen atoms in total.